The molecule has 11 nitrogen and oxygen atoms in total. The summed E-state index contributed by atoms with van der Waals surface area (Å²) >= 11 is 0. The SMILES string of the molecule is COCCn1c(N)c(N(Cc2ccccc2)C(=O)Cc2cc(OC)c(OC)c(OC)c2)c(=O)[nH]c1=O. The first-order chi connectivity index (χ1) is 17.3. The topological polar surface area (TPSA) is 138 Å². The van der Waals surface area contributed by atoms with Gasteiger partial charge in [0.15, 0.2) is 17.2 Å². The second kappa shape index (κ2) is 11.9. The Hall–Kier alpha value is -4.25. The van der Waals surface area contributed by atoms with Gasteiger partial charge in [0, 0.05) is 7.11 Å². The zero-order valence-electron chi connectivity index (χ0n) is 20.7. The van der Waals surface area contributed by atoms with Crippen molar-refractivity contribution in [3.63, 3.8) is 0 Å². The normalized spacial score (nSPS) is 10.7. The van der Waals surface area contributed by atoms with Crippen LogP contribution in [0.1, 0.15) is 11.1 Å². The number of hydrogen-bond donors (Lipinski definition) is 2. The molecule has 0 fully saturated rings. The van der Waals surface area contributed by atoms with Crippen molar-refractivity contribution in [3.05, 3.63) is 74.4 Å². The van der Waals surface area contributed by atoms with Crippen molar-refractivity contribution in [1.82, 2.24) is 9.55 Å². The monoisotopic (exact) mass is 498 g/mol. The summed E-state index contributed by atoms with van der Waals surface area (Å²) in [6.07, 6.45) is -0.111. The number of nitrogens with zero attached hydrogens (tertiary/aromatic N) is 2. The molecular formula is C25H30N4O7. The molecule has 0 saturated carbocycles. The second-order valence-corrected chi connectivity index (χ2v) is 7.81. The molecule has 36 heavy (non-hydrogen) atoms. The lowest BCUT2D eigenvalue weighted by Gasteiger charge is -2.25. The molecule has 0 aliphatic heterocycles. The van der Waals surface area contributed by atoms with Crippen molar-refractivity contribution >= 4 is 17.4 Å². The summed E-state index contributed by atoms with van der Waals surface area (Å²) in [6, 6.07) is 12.5. The van der Waals surface area contributed by atoms with Crippen molar-refractivity contribution in [2.75, 3.05) is 45.7 Å². The molecule has 0 saturated heterocycles. The van der Waals surface area contributed by atoms with Gasteiger partial charge < -0.3 is 24.7 Å². The van der Waals surface area contributed by atoms with Crippen LogP contribution in [0.2, 0.25) is 0 Å². The number of hydrogen-bond acceptors (Lipinski definition) is 8. The number of nitrogens with two attached hydrogens (primary N) is 1. The number of nitrogen functional groups attached to an aromatic ring is 1. The average molecular weight is 499 g/mol. The van der Waals surface area contributed by atoms with Crippen molar-refractivity contribution in [2.24, 2.45) is 0 Å². The third-order valence-electron chi connectivity index (χ3n) is 5.57. The fraction of sp³-hybridized carbons (Fsp3) is 0.320. The molecule has 3 aromatic rings. The predicted octanol–water partition coefficient (Wildman–Crippen LogP) is 1.57. The predicted molar refractivity (Wildman–Crippen MR) is 135 cm³/mol. The highest BCUT2D eigenvalue weighted by molar-refractivity contribution is 5.96. The van der Waals surface area contributed by atoms with Crippen LogP contribution in [0.3, 0.4) is 0 Å². The smallest absolute Gasteiger partial charge is 0.330 e. The van der Waals surface area contributed by atoms with E-state index >= 15 is 0 Å². The number of carbonyl (C=O) groups is 1. The van der Waals surface area contributed by atoms with Crippen LogP contribution >= 0.6 is 0 Å². The molecule has 1 amide bonds. The molecule has 192 valence electrons. The Morgan fingerprint density at radius 3 is 2.17 bits per heavy atom. The summed E-state index contributed by atoms with van der Waals surface area (Å²) in [6.45, 7) is 0.346. The average Bonchev–Trinajstić information content (AvgIpc) is 2.87. The molecule has 0 aliphatic rings. The van der Waals surface area contributed by atoms with E-state index in [1.807, 2.05) is 30.3 Å². The minimum Gasteiger partial charge on any atom is -0.493 e. The summed E-state index contributed by atoms with van der Waals surface area (Å²) in [5.74, 6) is 0.611. The molecule has 1 aromatic heterocycles. The Balaban J connectivity index is 2.09. The second-order valence-electron chi connectivity index (χ2n) is 7.81. The maximum absolute atomic E-state index is 13.7. The van der Waals surface area contributed by atoms with Gasteiger partial charge in [-0.05, 0) is 23.3 Å². The zero-order valence-corrected chi connectivity index (χ0v) is 20.7. The number of H-pyrrole nitrogens is 1. The minimum absolute atomic E-state index is 0.0554. The molecule has 0 bridgehead atoms. The van der Waals surface area contributed by atoms with Crippen LogP contribution < -0.4 is 36.1 Å². The number of methoxy groups -OCH3 is 4. The lowest BCUT2D eigenvalue weighted by molar-refractivity contribution is -0.118. The van der Waals surface area contributed by atoms with Gasteiger partial charge in [0.25, 0.3) is 5.56 Å². The van der Waals surface area contributed by atoms with Gasteiger partial charge in [-0.25, -0.2) is 4.79 Å². The highest BCUT2D eigenvalue weighted by Gasteiger charge is 2.26. The zero-order chi connectivity index (χ0) is 26.2. The number of aromatic nitrogens is 2. The first-order valence-corrected chi connectivity index (χ1v) is 11.1. The molecule has 0 radical (unpaired) electrons. The molecule has 1 heterocycles. The van der Waals surface area contributed by atoms with E-state index in [2.05, 4.69) is 4.98 Å². The quantitative estimate of drug-likeness (QED) is 0.406. The summed E-state index contributed by atoms with van der Waals surface area (Å²) < 4.78 is 22.4. The molecule has 2 aromatic carbocycles. The van der Waals surface area contributed by atoms with E-state index in [9.17, 15) is 14.4 Å². The van der Waals surface area contributed by atoms with Crippen LogP contribution in [0, 0.1) is 0 Å². The third kappa shape index (κ3) is 5.69. The van der Waals surface area contributed by atoms with Crippen LogP contribution in [0.5, 0.6) is 17.2 Å². The largest absolute Gasteiger partial charge is 0.493 e. The van der Waals surface area contributed by atoms with Gasteiger partial charge >= 0.3 is 5.69 Å². The molecule has 0 unspecified atom stereocenters. The van der Waals surface area contributed by atoms with Crippen molar-refractivity contribution in [2.45, 2.75) is 19.5 Å². The van der Waals surface area contributed by atoms with Gasteiger partial charge in [-0.2, -0.15) is 0 Å². The van der Waals surface area contributed by atoms with Gasteiger partial charge in [0.05, 0.1) is 47.4 Å². The van der Waals surface area contributed by atoms with Crippen LogP contribution in [0.25, 0.3) is 0 Å². The Morgan fingerprint density at radius 2 is 1.61 bits per heavy atom. The molecule has 0 aliphatic carbocycles. The molecule has 3 N–H and O–H groups in total. The number of aromatic amines is 1. The summed E-state index contributed by atoms with van der Waals surface area (Å²) in [5, 5.41) is 0. The van der Waals surface area contributed by atoms with E-state index < -0.39 is 17.2 Å². The first kappa shape index (κ1) is 26.4. The van der Waals surface area contributed by atoms with Crippen LogP contribution in [-0.2, 0) is 29.0 Å². The number of anilines is 2. The van der Waals surface area contributed by atoms with Crippen molar-refractivity contribution in [3.8, 4) is 17.2 Å². The fourth-order valence-electron chi connectivity index (χ4n) is 3.81. The summed E-state index contributed by atoms with van der Waals surface area (Å²) in [4.78, 5) is 42.5. The number of carbonyl (C=O) groups excluding carboxylic acids is 1. The lowest BCUT2D eigenvalue weighted by Crippen LogP contribution is -2.41. The third-order valence-corrected chi connectivity index (χ3v) is 5.57. The van der Waals surface area contributed by atoms with E-state index in [1.54, 1.807) is 12.1 Å². The van der Waals surface area contributed by atoms with E-state index in [-0.39, 0.29) is 37.6 Å². The highest BCUT2D eigenvalue weighted by atomic mass is 16.5. The Labute approximate surface area is 208 Å². The van der Waals surface area contributed by atoms with E-state index in [0.29, 0.717) is 22.8 Å². The number of ether oxygens (including phenoxy) is 4. The van der Waals surface area contributed by atoms with Gasteiger partial charge in [-0.1, -0.05) is 30.3 Å². The first-order valence-electron chi connectivity index (χ1n) is 11.1. The maximum atomic E-state index is 13.7. The van der Waals surface area contributed by atoms with Crippen LogP contribution in [0.15, 0.2) is 52.1 Å². The standard InChI is InChI=1S/C25H30N4O7/c1-33-11-10-28-23(26)21(24(31)27-25(28)32)29(15-16-8-6-5-7-9-16)20(30)14-17-12-18(34-2)22(36-4)19(13-17)35-3/h5-9,12-13H,10-11,14-15,26H2,1-4H3,(H,27,31,32). The van der Waals surface area contributed by atoms with Gasteiger partial charge in [0.2, 0.25) is 11.7 Å². The number of rotatable bonds is 11. The number of nitrogens with one attached hydrogen (secondary N) is 1. The molecule has 0 spiro atoms. The summed E-state index contributed by atoms with van der Waals surface area (Å²) in [5.41, 5.74) is 6.04. The number of amides is 1. The van der Waals surface area contributed by atoms with Gasteiger partial charge in [-0.3, -0.25) is 24.0 Å². The van der Waals surface area contributed by atoms with Crippen LogP contribution in [0.4, 0.5) is 11.5 Å². The molecule has 11 heteroatoms. The maximum Gasteiger partial charge on any atom is 0.330 e. The molecule has 0 atom stereocenters. The Morgan fingerprint density at radius 1 is 0.972 bits per heavy atom. The van der Waals surface area contributed by atoms with Gasteiger partial charge in [0.1, 0.15) is 5.82 Å². The summed E-state index contributed by atoms with van der Waals surface area (Å²) in [7, 11) is 5.93. The lowest BCUT2D eigenvalue weighted by atomic mass is 10.1. The Bertz CT molecular complexity index is 1290. The highest BCUT2D eigenvalue weighted by Crippen LogP contribution is 2.38. The fourth-order valence-corrected chi connectivity index (χ4v) is 3.81. The minimum atomic E-state index is -0.764. The van der Waals surface area contributed by atoms with Crippen molar-refractivity contribution in [1.29, 1.82) is 0 Å². The van der Waals surface area contributed by atoms with E-state index in [4.69, 9.17) is 24.7 Å². The van der Waals surface area contributed by atoms with Crippen molar-refractivity contribution < 1.29 is 23.7 Å². The molecule has 3 rings (SSSR count). The molecular weight excluding hydrogens is 468 g/mol. The van der Waals surface area contributed by atoms with E-state index in [0.717, 1.165) is 5.56 Å². The van der Waals surface area contributed by atoms with E-state index in [1.165, 1.54) is 37.9 Å². The number of benzene rings is 2. The van der Waals surface area contributed by atoms with Crippen LogP contribution in [-0.4, -0.2) is 50.5 Å². The Kier molecular flexibility index (Phi) is 8.74. The van der Waals surface area contributed by atoms with Gasteiger partial charge in [-0.15, -0.1) is 0 Å².